The molecule has 0 saturated carbocycles. The first-order chi connectivity index (χ1) is 41.6. The summed E-state index contributed by atoms with van der Waals surface area (Å²) < 4.78 is 34.5. The fraction of sp³-hybridized carbons (Fsp3) is 0.789. The Bertz CT molecular complexity index is 1730. The lowest BCUT2D eigenvalue weighted by molar-refractivity contribution is -0.332. The molecular formula is C71H124O14. The zero-order chi connectivity index (χ0) is 61.5. The fourth-order valence-corrected chi connectivity index (χ4v) is 10.5. The second kappa shape index (κ2) is 56.4. The van der Waals surface area contributed by atoms with Gasteiger partial charge in [0.15, 0.2) is 12.6 Å². The van der Waals surface area contributed by atoms with Gasteiger partial charge in [-0.1, -0.05) is 247 Å². The normalized spacial score (nSPS) is 23.7. The van der Waals surface area contributed by atoms with Crippen molar-refractivity contribution in [1.29, 1.82) is 0 Å². The Morgan fingerprint density at radius 3 is 1.21 bits per heavy atom. The molecule has 14 nitrogen and oxygen atoms in total. The minimum atomic E-state index is -1.71. The van der Waals surface area contributed by atoms with Crippen molar-refractivity contribution in [2.75, 3.05) is 33.0 Å². The van der Waals surface area contributed by atoms with Crippen LogP contribution in [0.4, 0.5) is 0 Å². The lowest BCUT2D eigenvalue weighted by Gasteiger charge is -2.42. The fourth-order valence-electron chi connectivity index (χ4n) is 10.5. The Morgan fingerprint density at radius 1 is 0.400 bits per heavy atom. The van der Waals surface area contributed by atoms with Crippen LogP contribution < -0.4 is 0 Å². The Hall–Kier alpha value is -2.83. The van der Waals surface area contributed by atoms with Crippen molar-refractivity contribution in [2.45, 2.75) is 325 Å². The summed E-state index contributed by atoms with van der Waals surface area (Å²) >= 11 is 0. The maximum Gasteiger partial charge on any atom is 0.306 e. The molecule has 2 heterocycles. The van der Waals surface area contributed by atoms with E-state index in [1.165, 1.54) is 141 Å². The molecule has 0 aromatic heterocycles. The molecule has 0 radical (unpaired) electrons. The third-order valence-electron chi connectivity index (χ3n) is 15.9. The van der Waals surface area contributed by atoms with E-state index in [-0.39, 0.29) is 25.6 Å². The molecule has 0 aromatic carbocycles. The van der Waals surface area contributed by atoms with Crippen LogP contribution in [0.15, 0.2) is 85.1 Å². The van der Waals surface area contributed by atoms with Crippen LogP contribution in [0.25, 0.3) is 0 Å². The van der Waals surface area contributed by atoms with Crippen LogP contribution in [-0.4, -0.2) is 142 Å². The summed E-state index contributed by atoms with van der Waals surface area (Å²) in [4.78, 5) is 13.2. The van der Waals surface area contributed by atoms with Crippen molar-refractivity contribution in [2.24, 2.45) is 0 Å². The van der Waals surface area contributed by atoms with E-state index in [1.54, 1.807) is 0 Å². The van der Waals surface area contributed by atoms with Crippen molar-refractivity contribution >= 4 is 5.97 Å². The molecule has 2 aliphatic rings. The van der Waals surface area contributed by atoms with Gasteiger partial charge in [-0.15, -0.1) is 0 Å². The molecule has 2 fully saturated rings. The maximum absolute atomic E-state index is 13.2. The van der Waals surface area contributed by atoms with E-state index in [9.17, 15) is 40.5 Å². The third kappa shape index (κ3) is 41.9. The number of hydrogen-bond donors (Lipinski definition) is 7. The summed E-state index contributed by atoms with van der Waals surface area (Å²) in [6.45, 7) is 3.58. The molecular weight excluding hydrogens is 1080 g/mol. The average molecular weight is 1200 g/mol. The molecule has 7 N–H and O–H groups in total. The van der Waals surface area contributed by atoms with Gasteiger partial charge in [-0.3, -0.25) is 4.79 Å². The predicted octanol–water partition coefficient (Wildman–Crippen LogP) is 14.3. The highest BCUT2D eigenvalue weighted by Crippen LogP contribution is 2.27. The van der Waals surface area contributed by atoms with Crippen LogP contribution in [0.5, 0.6) is 0 Å². The Labute approximate surface area is 516 Å². The molecule has 85 heavy (non-hydrogen) atoms. The van der Waals surface area contributed by atoms with Gasteiger partial charge in [0.05, 0.1) is 26.4 Å². The first-order valence-corrected chi connectivity index (χ1v) is 34.2. The highest BCUT2D eigenvalue weighted by molar-refractivity contribution is 5.69. The number of aliphatic hydroxyl groups excluding tert-OH is 7. The second-order valence-electron chi connectivity index (χ2n) is 23.6. The summed E-state index contributed by atoms with van der Waals surface area (Å²) in [6.07, 6.45) is 59.3. The van der Waals surface area contributed by atoms with Crippen molar-refractivity contribution in [3.8, 4) is 0 Å². The van der Waals surface area contributed by atoms with Gasteiger partial charge in [0, 0.05) is 13.0 Å². The SMILES string of the molecule is CC/C=C\C/C=C\C/C=C\C/C=C\C/C=C\C/C=C\CCCCCCCCCOCC(COC1OC(COC2OC(CO)C(O)C(O)C2O)C(O)C(O)C1O)OC(=O)CCCCCCCCCCCCCCC/C=C\CCCCCCCCCC. The number of aliphatic hydroxyl groups is 7. The van der Waals surface area contributed by atoms with Gasteiger partial charge in [-0.25, -0.2) is 0 Å². The van der Waals surface area contributed by atoms with Gasteiger partial charge < -0.3 is 64.2 Å². The monoisotopic (exact) mass is 1200 g/mol. The van der Waals surface area contributed by atoms with Crippen molar-refractivity contribution < 1.29 is 69.0 Å². The minimum Gasteiger partial charge on any atom is -0.457 e. The van der Waals surface area contributed by atoms with Gasteiger partial charge >= 0.3 is 5.97 Å². The molecule has 0 aliphatic carbocycles. The molecule has 2 saturated heterocycles. The molecule has 0 spiro atoms. The van der Waals surface area contributed by atoms with Crippen molar-refractivity contribution in [3.63, 3.8) is 0 Å². The van der Waals surface area contributed by atoms with E-state index < -0.39 is 80.7 Å². The Morgan fingerprint density at radius 2 is 0.765 bits per heavy atom. The highest BCUT2D eigenvalue weighted by atomic mass is 16.7. The summed E-state index contributed by atoms with van der Waals surface area (Å²) in [5.41, 5.74) is 0. The molecule has 11 atom stereocenters. The number of esters is 1. The third-order valence-corrected chi connectivity index (χ3v) is 15.9. The number of carbonyl (C=O) groups excluding carboxylic acids is 1. The summed E-state index contributed by atoms with van der Waals surface area (Å²) in [5, 5.41) is 72.6. The van der Waals surface area contributed by atoms with Gasteiger partial charge in [0.2, 0.25) is 0 Å². The molecule has 0 amide bonds. The molecule has 492 valence electrons. The Balaban J connectivity index is 1.66. The number of ether oxygens (including phenoxy) is 6. The number of rotatable bonds is 56. The van der Waals surface area contributed by atoms with Gasteiger partial charge in [0.1, 0.15) is 54.9 Å². The zero-order valence-electron chi connectivity index (χ0n) is 53.3. The lowest BCUT2D eigenvalue weighted by Crippen LogP contribution is -2.61. The quantitative estimate of drug-likeness (QED) is 0.0171. The number of carbonyl (C=O) groups is 1. The Kier molecular flexibility index (Phi) is 51.9. The van der Waals surface area contributed by atoms with Gasteiger partial charge in [0.25, 0.3) is 0 Å². The molecule has 2 aliphatic heterocycles. The maximum atomic E-state index is 13.2. The van der Waals surface area contributed by atoms with Crippen LogP contribution in [0.1, 0.15) is 258 Å². The van der Waals surface area contributed by atoms with E-state index in [0.717, 1.165) is 89.9 Å². The smallest absolute Gasteiger partial charge is 0.306 e. The standard InChI is InChI=1S/C71H124O14/c1-3-5-7-9-11-13-15-17-19-21-23-25-27-29-31-33-35-37-39-41-43-45-47-49-51-53-55-80-57-60(58-81-70-69(79)67(77)65(75)62(85-70)59-82-71-68(78)66(76)64(74)61(56-72)84-71)83-63(73)54-52-50-48-46-44-42-40-38-36-34-32-30-28-26-24-22-20-18-16-14-12-10-8-6-4-2/h5,7,11,13,17,19,22-25,29,31,35,37,60-62,64-72,74-79H,3-4,6,8-10,12,14-16,18,20-21,26-28,30,32-34,36,38-59H2,1-2H3/b7-5-,13-11-,19-17-,24-22-,25-23-,31-29-,37-35-. The second-order valence-corrected chi connectivity index (χ2v) is 23.6. The van der Waals surface area contributed by atoms with Crippen LogP contribution >= 0.6 is 0 Å². The lowest BCUT2D eigenvalue weighted by atomic mass is 9.98. The van der Waals surface area contributed by atoms with Crippen molar-refractivity contribution in [1.82, 2.24) is 0 Å². The topological polar surface area (TPSA) is 214 Å². The summed E-state index contributed by atoms with van der Waals surface area (Å²) in [5.74, 6) is -0.380. The van der Waals surface area contributed by atoms with Crippen LogP contribution in [-0.2, 0) is 33.2 Å². The first kappa shape index (κ1) is 78.3. The number of allylic oxidation sites excluding steroid dienone is 14. The number of hydrogen-bond acceptors (Lipinski definition) is 14. The molecule has 0 bridgehead atoms. The van der Waals surface area contributed by atoms with E-state index in [0.29, 0.717) is 13.0 Å². The van der Waals surface area contributed by atoms with E-state index in [2.05, 4.69) is 98.9 Å². The van der Waals surface area contributed by atoms with E-state index >= 15 is 0 Å². The van der Waals surface area contributed by atoms with Crippen LogP contribution in [0.2, 0.25) is 0 Å². The van der Waals surface area contributed by atoms with Gasteiger partial charge in [-0.2, -0.15) is 0 Å². The van der Waals surface area contributed by atoms with Crippen LogP contribution in [0, 0.1) is 0 Å². The zero-order valence-corrected chi connectivity index (χ0v) is 53.3. The molecule has 0 aromatic rings. The highest BCUT2D eigenvalue weighted by Gasteiger charge is 2.47. The first-order valence-electron chi connectivity index (χ1n) is 34.2. The summed E-state index contributed by atoms with van der Waals surface area (Å²) in [7, 11) is 0. The predicted molar refractivity (Wildman–Crippen MR) is 344 cm³/mol. The molecule has 14 heteroatoms. The van der Waals surface area contributed by atoms with Crippen molar-refractivity contribution in [3.05, 3.63) is 85.1 Å². The van der Waals surface area contributed by atoms with Crippen LogP contribution in [0.3, 0.4) is 0 Å². The largest absolute Gasteiger partial charge is 0.457 e. The van der Waals surface area contributed by atoms with E-state index in [4.69, 9.17) is 28.4 Å². The van der Waals surface area contributed by atoms with E-state index in [1.807, 2.05) is 0 Å². The average Bonchev–Trinajstić information content (AvgIpc) is 2.82. The minimum absolute atomic E-state index is 0.0506. The van der Waals surface area contributed by atoms with Gasteiger partial charge in [-0.05, 0) is 89.9 Å². The molecule has 2 rings (SSSR count). The number of unbranched alkanes of at least 4 members (excludes halogenated alkanes) is 28. The summed E-state index contributed by atoms with van der Waals surface area (Å²) in [6, 6.07) is 0. The molecule has 11 unspecified atom stereocenters.